The van der Waals surface area contributed by atoms with Gasteiger partial charge in [-0.05, 0) is 39.7 Å². The Morgan fingerprint density at radius 3 is 2.20 bits per heavy atom. The first-order valence-electron chi connectivity index (χ1n) is 3.34. The second-order valence-corrected chi connectivity index (χ2v) is 3.17. The zero-order valence-electron chi connectivity index (χ0n) is 7.02. The van der Waals surface area contributed by atoms with E-state index in [0.717, 1.165) is 0 Å². The number of hydrogen-bond donors (Lipinski definition) is 1. The second kappa shape index (κ2) is 3.31. The average Bonchev–Trinajstić information content (AvgIpc) is 1.81. The minimum atomic E-state index is -0.0308. The summed E-state index contributed by atoms with van der Waals surface area (Å²) in [5.74, 6) is 5.69. The maximum atomic E-state index is 8.91. The Kier molecular flexibility index (Phi) is 3.02. The summed E-state index contributed by atoms with van der Waals surface area (Å²) >= 11 is 0. The van der Waals surface area contributed by atoms with Crippen LogP contribution in [0.2, 0.25) is 0 Å². The lowest BCUT2D eigenvalue weighted by molar-refractivity contribution is 0.436. The van der Waals surface area contributed by atoms with Crippen molar-refractivity contribution >= 4 is 0 Å². The highest BCUT2D eigenvalue weighted by atomic mass is 16.3. The molecule has 1 nitrogen and oxygen atoms in total. The summed E-state index contributed by atoms with van der Waals surface area (Å²) in [6.07, 6.45) is 1.58. The SMILES string of the molecule is C/C=C(\O)C#CC(C)(C)C. The van der Waals surface area contributed by atoms with Crippen molar-refractivity contribution in [2.75, 3.05) is 0 Å². The van der Waals surface area contributed by atoms with Gasteiger partial charge in [-0.25, -0.2) is 0 Å². The first-order valence-corrected chi connectivity index (χ1v) is 3.34. The van der Waals surface area contributed by atoms with Gasteiger partial charge in [0.05, 0.1) is 0 Å². The molecule has 10 heavy (non-hydrogen) atoms. The molecule has 1 heteroatoms. The molecule has 0 unspecified atom stereocenters. The molecule has 0 aliphatic carbocycles. The normalized spacial score (nSPS) is 12.2. The first kappa shape index (κ1) is 9.10. The summed E-state index contributed by atoms with van der Waals surface area (Å²) in [6.45, 7) is 7.77. The van der Waals surface area contributed by atoms with Crippen molar-refractivity contribution < 1.29 is 5.11 Å². The van der Waals surface area contributed by atoms with E-state index in [0.29, 0.717) is 0 Å². The van der Waals surface area contributed by atoms with Crippen LogP contribution in [-0.2, 0) is 0 Å². The standard InChI is InChI=1S/C9H14O/c1-5-8(10)6-7-9(2,3)4/h5,10H,1-4H3/b8-5-. The molecular formula is C9H14O. The highest BCUT2D eigenvalue weighted by Crippen LogP contribution is 2.09. The molecule has 0 aromatic heterocycles. The number of hydrogen-bond acceptors (Lipinski definition) is 1. The average molecular weight is 138 g/mol. The van der Waals surface area contributed by atoms with Gasteiger partial charge in [-0.15, -0.1) is 0 Å². The van der Waals surface area contributed by atoms with Crippen molar-refractivity contribution in [3.63, 3.8) is 0 Å². The monoisotopic (exact) mass is 138 g/mol. The fraction of sp³-hybridized carbons (Fsp3) is 0.556. The van der Waals surface area contributed by atoms with Gasteiger partial charge in [0.15, 0.2) is 5.76 Å². The maximum Gasteiger partial charge on any atom is 0.162 e. The van der Waals surface area contributed by atoms with Crippen molar-refractivity contribution in [1.82, 2.24) is 0 Å². The molecule has 0 heterocycles. The zero-order chi connectivity index (χ0) is 8.20. The van der Waals surface area contributed by atoms with E-state index in [1.165, 1.54) is 0 Å². The molecule has 0 spiro atoms. The topological polar surface area (TPSA) is 20.2 Å². The second-order valence-electron chi connectivity index (χ2n) is 3.17. The molecule has 0 aliphatic heterocycles. The predicted octanol–water partition coefficient (Wildman–Crippen LogP) is 2.50. The summed E-state index contributed by atoms with van der Waals surface area (Å²) in [5, 5.41) is 8.91. The van der Waals surface area contributed by atoms with E-state index in [9.17, 15) is 0 Å². The van der Waals surface area contributed by atoms with Gasteiger partial charge in [-0.2, -0.15) is 0 Å². The van der Waals surface area contributed by atoms with Gasteiger partial charge >= 0.3 is 0 Å². The van der Waals surface area contributed by atoms with Crippen molar-refractivity contribution in [3.8, 4) is 11.8 Å². The van der Waals surface area contributed by atoms with Crippen molar-refractivity contribution in [2.45, 2.75) is 27.7 Å². The predicted molar refractivity (Wildman–Crippen MR) is 43.6 cm³/mol. The van der Waals surface area contributed by atoms with Crippen LogP contribution in [0.15, 0.2) is 11.8 Å². The van der Waals surface area contributed by atoms with E-state index in [1.807, 2.05) is 20.8 Å². The Morgan fingerprint density at radius 1 is 1.40 bits per heavy atom. The molecule has 0 amide bonds. The van der Waals surface area contributed by atoms with Crippen LogP contribution < -0.4 is 0 Å². The van der Waals surface area contributed by atoms with Gasteiger partial charge < -0.3 is 5.11 Å². The highest BCUT2D eigenvalue weighted by Gasteiger charge is 2.02. The van der Waals surface area contributed by atoms with Gasteiger partial charge in [0.1, 0.15) is 0 Å². The van der Waals surface area contributed by atoms with E-state index < -0.39 is 0 Å². The first-order chi connectivity index (χ1) is 4.45. The van der Waals surface area contributed by atoms with Gasteiger partial charge in [0, 0.05) is 5.41 Å². The maximum absolute atomic E-state index is 8.91. The van der Waals surface area contributed by atoms with Crippen LogP contribution in [0.5, 0.6) is 0 Å². The van der Waals surface area contributed by atoms with Crippen LogP contribution in [0.3, 0.4) is 0 Å². The molecule has 1 N–H and O–H groups in total. The third kappa shape index (κ3) is 5.24. The molecule has 0 atom stereocenters. The summed E-state index contributed by atoms with van der Waals surface area (Å²) in [5.41, 5.74) is -0.0308. The minimum Gasteiger partial charge on any atom is -0.501 e. The Hall–Kier alpha value is -0.900. The molecule has 0 aliphatic rings. The third-order valence-corrected chi connectivity index (χ3v) is 0.839. The highest BCUT2D eigenvalue weighted by molar-refractivity contribution is 5.23. The molecule has 0 bridgehead atoms. The van der Waals surface area contributed by atoms with Crippen molar-refractivity contribution in [3.05, 3.63) is 11.8 Å². The van der Waals surface area contributed by atoms with Crippen LogP contribution in [0, 0.1) is 17.3 Å². The Labute approximate surface area is 62.8 Å². The van der Waals surface area contributed by atoms with E-state index in [4.69, 9.17) is 5.11 Å². The van der Waals surface area contributed by atoms with Gasteiger partial charge in [-0.1, -0.05) is 5.92 Å². The Balaban J connectivity index is 4.19. The van der Waals surface area contributed by atoms with Crippen molar-refractivity contribution in [1.29, 1.82) is 0 Å². The van der Waals surface area contributed by atoms with Crippen LogP contribution in [0.25, 0.3) is 0 Å². The van der Waals surface area contributed by atoms with E-state index in [2.05, 4.69) is 11.8 Å². The molecular weight excluding hydrogens is 124 g/mol. The fourth-order valence-corrected chi connectivity index (χ4v) is 0.324. The van der Waals surface area contributed by atoms with E-state index in [1.54, 1.807) is 13.0 Å². The summed E-state index contributed by atoms with van der Waals surface area (Å²) in [4.78, 5) is 0. The van der Waals surface area contributed by atoms with Gasteiger partial charge in [-0.3, -0.25) is 0 Å². The van der Waals surface area contributed by atoms with E-state index in [-0.39, 0.29) is 11.2 Å². The lowest BCUT2D eigenvalue weighted by atomic mass is 9.98. The smallest absolute Gasteiger partial charge is 0.162 e. The number of aliphatic hydroxyl groups excluding tert-OH is 1. The zero-order valence-corrected chi connectivity index (χ0v) is 7.02. The fourth-order valence-electron chi connectivity index (χ4n) is 0.324. The number of allylic oxidation sites excluding steroid dienone is 2. The molecule has 0 aromatic carbocycles. The van der Waals surface area contributed by atoms with Crippen LogP contribution in [0.4, 0.5) is 0 Å². The lowest BCUT2D eigenvalue weighted by Crippen LogP contribution is -1.99. The summed E-state index contributed by atoms with van der Waals surface area (Å²) < 4.78 is 0. The molecule has 0 aromatic rings. The largest absolute Gasteiger partial charge is 0.501 e. The van der Waals surface area contributed by atoms with Crippen LogP contribution in [0.1, 0.15) is 27.7 Å². The minimum absolute atomic E-state index is 0.0308. The Bertz CT molecular complexity index is 183. The quantitative estimate of drug-likeness (QED) is 0.403. The van der Waals surface area contributed by atoms with Gasteiger partial charge in [0.2, 0.25) is 0 Å². The number of aliphatic hydroxyl groups is 1. The molecule has 0 radical (unpaired) electrons. The Morgan fingerprint density at radius 2 is 1.90 bits per heavy atom. The van der Waals surface area contributed by atoms with E-state index >= 15 is 0 Å². The van der Waals surface area contributed by atoms with Crippen LogP contribution >= 0.6 is 0 Å². The van der Waals surface area contributed by atoms with Gasteiger partial charge in [0.25, 0.3) is 0 Å². The third-order valence-electron chi connectivity index (χ3n) is 0.839. The van der Waals surface area contributed by atoms with Crippen LogP contribution in [-0.4, -0.2) is 5.11 Å². The molecule has 0 rings (SSSR count). The molecule has 56 valence electrons. The summed E-state index contributed by atoms with van der Waals surface area (Å²) in [6, 6.07) is 0. The summed E-state index contributed by atoms with van der Waals surface area (Å²) in [7, 11) is 0. The molecule has 0 saturated carbocycles. The molecule has 0 fully saturated rings. The van der Waals surface area contributed by atoms with Crippen molar-refractivity contribution in [2.24, 2.45) is 5.41 Å². The lowest BCUT2D eigenvalue weighted by Gasteiger charge is -2.06. The molecule has 0 saturated heterocycles. The number of rotatable bonds is 0.